The quantitative estimate of drug-likeness (QED) is 0.830. The Morgan fingerprint density at radius 3 is 2.63 bits per heavy atom. The van der Waals surface area contributed by atoms with Gasteiger partial charge in [-0.15, -0.1) is 0 Å². The fraction of sp³-hybridized carbons (Fsp3) is 0.619. The van der Waals surface area contributed by atoms with Crippen LogP contribution in [0.15, 0.2) is 18.2 Å². The van der Waals surface area contributed by atoms with Gasteiger partial charge in [0.25, 0.3) is 0 Å². The first-order chi connectivity index (χ1) is 12.8. The van der Waals surface area contributed by atoms with Crippen LogP contribution < -0.4 is 10.6 Å². The molecule has 1 saturated carbocycles. The topological polar surface area (TPSA) is 61.4 Å². The zero-order valence-corrected chi connectivity index (χ0v) is 16.4. The molecule has 1 heterocycles. The number of hydrogen-bond acceptors (Lipinski definition) is 2. The number of nitrogens with zero attached hydrogens (tertiary/aromatic N) is 1. The highest BCUT2D eigenvalue weighted by atomic mass is 19.1. The summed E-state index contributed by atoms with van der Waals surface area (Å²) >= 11 is 0. The Hall–Kier alpha value is -2.11. The summed E-state index contributed by atoms with van der Waals surface area (Å²) < 4.78 is 13.7. The van der Waals surface area contributed by atoms with E-state index >= 15 is 0 Å². The molecular formula is C21H30FN3O2. The second-order valence-electron chi connectivity index (χ2n) is 8.34. The van der Waals surface area contributed by atoms with E-state index in [0.717, 1.165) is 12.1 Å². The molecule has 1 aromatic carbocycles. The third-order valence-electron chi connectivity index (χ3n) is 5.44. The average molecular weight is 375 g/mol. The first-order valence-electron chi connectivity index (χ1n) is 9.92. The first-order valence-corrected chi connectivity index (χ1v) is 9.92. The predicted molar refractivity (Wildman–Crippen MR) is 103 cm³/mol. The monoisotopic (exact) mass is 375 g/mol. The van der Waals surface area contributed by atoms with Crippen molar-refractivity contribution >= 4 is 11.9 Å². The third kappa shape index (κ3) is 5.21. The lowest BCUT2D eigenvalue weighted by atomic mass is 9.83. The van der Waals surface area contributed by atoms with Gasteiger partial charge in [-0.3, -0.25) is 4.79 Å². The van der Waals surface area contributed by atoms with Gasteiger partial charge in [0.05, 0.1) is 5.92 Å². The van der Waals surface area contributed by atoms with Crippen molar-refractivity contribution in [2.24, 2.45) is 11.8 Å². The fourth-order valence-electron chi connectivity index (χ4n) is 3.67. The lowest BCUT2D eigenvalue weighted by Gasteiger charge is -2.38. The molecule has 5 nitrogen and oxygen atoms in total. The number of aryl methyl sites for hydroxylation is 1. The Morgan fingerprint density at radius 2 is 2.00 bits per heavy atom. The van der Waals surface area contributed by atoms with E-state index in [1.54, 1.807) is 17.9 Å². The van der Waals surface area contributed by atoms with E-state index in [2.05, 4.69) is 10.6 Å². The van der Waals surface area contributed by atoms with Gasteiger partial charge in [0.2, 0.25) is 5.91 Å². The van der Waals surface area contributed by atoms with Crippen LogP contribution >= 0.6 is 0 Å². The minimum Gasteiger partial charge on any atom is -0.356 e. The van der Waals surface area contributed by atoms with Crippen molar-refractivity contribution in [1.82, 2.24) is 15.5 Å². The van der Waals surface area contributed by atoms with Crippen LogP contribution in [-0.4, -0.2) is 42.5 Å². The summed E-state index contributed by atoms with van der Waals surface area (Å²) in [5, 5.41) is 5.97. The standard InChI is InChI=1S/C21H30FN3O2/c1-13(2)24-21(27)25-11-17(16-6-7-19(22)14(3)8-16)9-18(12-25)20(26)23-10-15-4-5-15/h6-8,13,15,17-18H,4-5,9-12H2,1-3H3,(H,23,26)(H,24,27)/t17-,18-/m0/s1. The normalized spacial score (nSPS) is 22.6. The van der Waals surface area contributed by atoms with Crippen molar-refractivity contribution in [2.45, 2.75) is 52.0 Å². The molecule has 2 fully saturated rings. The summed E-state index contributed by atoms with van der Waals surface area (Å²) in [7, 11) is 0. The van der Waals surface area contributed by atoms with E-state index in [0.29, 0.717) is 31.0 Å². The van der Waals surface area contributed by atoms with E-state index < -0.39 is 0 Å². The van der Waals surface area contributed by atoms with E-state index in [9.17, 15) is 14.0 Å². The molecule has 2 aliphatic rings. The third-order valence-corrected chi connectivity index (χ3v) is 5.44. The minimum atomic E-state index is -0.245. The summed E-state index contributed by atoms with van der Waals surface area (Å²) in [6.07, 6.45) is 3.05. The smallest absolute Gasteiger partial charge is 0.317 e. The maximum Gasteiger partial charge on any atom is 0.317 e. The molecule has 0 aromatic heterocycles. The molecule has 3 rings (SSSR count). The number of amides is 3. The van der Waals surface area contributed by atoms with Gasteiger partial charge in [-0.25, -0.2) is 9.18 Å². The number of carbonyl (C=O) groups excluding carboxylic acids is 2. The number of hydrogen-bond donors (Lipinski definition) is 2. The van der Waals surface area contributed by atoms with Crippen LogP contribution in [0.3, 0.4) is 0 Å². The Morgan fingerprint density at radius 1 is 1.26 bits per heavy atom. The number of nitrogens with one attached hydrogen (secondary N) is 2. The Kier molecular flexibility index (Phi) is 6.02. The second kappa shape index (κ2) is 8.28. The van der Waals surface area contributed by atoms with Crippen molar-refractivity contribution in [3.05, 3.63) is 35.1 Å². The molecule has 2 N–H and O–H groups in total. The van der Waals surface area contributed by atoms with Crippen LogP contribution in [0.1, 0.15) is 50.2 Å². The molecule has 6 heteroatoms. The van der Waals surface area contributed by atoms with E-state index in [4.69, 9.17) is 0 Å². The predicted octanol–water partition coefficient (Wildman–Crippen LogP) is 3.18. The highest BCUT2D eigenvalue weighted by molar-refractivity contribution is 5.81. The molecule has 27 heavy (non-hydrogen) atoms. The molecule has 0 bridgehead atoms. The van der Waals surface area contributed by atoms with Crippen molar-refractivity contribution in [1.29, 1.82) is 0 Å². The lowest BCUT2D eigenvalue weighted by molar-refractivity contribution is -0.126. The van der Waals surface area contributed by atoms with Crippen molar-refractivity contribution in [3.8, 4) is 0 Å². The summed E-state index contributed by atoms with van der Waals surface area (Å²) in [5.41, 5.74) is 1.57. The second-order valence-corrected chi connectivity index (χ2v) is 8.34. The van der Waals surface area contributed by atoms with Crippen molar-refractivity contribution < 1.29 is 14.0 Å². The van der Waals surface area contributed by atoms with Crippen LogP contribution in [0.25, 0.3) is 0 Å². The molecule has 1 saturated heterocycles. The van der Waals surface area contributed by atoms with Crippen molar-refractivity contribution in [3.63, 3.8) is 0 Å². The summed E-state index contributed by atoms with van der Waals surface area (Å²) in [6, 6.07) is 4.97. The zero-order chi connectivity index (χ0) is 19.6. The van der Waals surface area contributed by atoms with Crippen LogP contribution in [0.4, 0.5) is 9.18 Å². The SMILES string of the molecule is Cc1cc([C@H]2C[C@H](C(=O)NCC3CC3)CN(C(=O)NC(C)C)C2)ccc1F. The highest BCUT2D eigenvalue weighted by Gasteiger charge is 2.35. The molecule has 3 amide bonds. The van der Waals surface area contributed by atoms with Gasteiger partial charge in [0, 0.05) is 31.6 Å². The van der Waals surface area contributed by atoms with Crippen LogP contribution in [0.2, 0.25) is 0 Å². The van der Waals surface area contributed by atoms with Gasteiger partial charge in [0.15, 0.2) is 0 Å². The van der Waals surface area contributed by atoms with E-state index in [1.165, 1.54) is 18.9 Å². The number of likely N-dealkylation sites (tertiary alicyclic amines) is 1. The number of rotatable bonds is 5. The molecule has 148 valence electrons. The Balaban J connectivity index is 1.75. The molecule has 1 aromatic rings. The molecule has 0 unspecified atom stereocenters. The Bertz CT molecular complexity index is 703. The average Bonchev–Trinajstić information content (AvgIpc) is 3.45. The number of carbonyl (C=O) groups is 2. The van der Waals surface area contributed by atoms with E-state index in [-0.39, 0.29) is 35.6 Å². The molecular weight excluding hydrogens is 345 g/mol. The lowest BCUT2D eigenvalue weighted by Crippen LogP contribution is -2.52. The largest absolute Gasteiger partial charge is 0.356 e. The van der Waals surface area contributed by atoms with Gasteiger partial charge in [0.1, 0.15) is 5.82 Å². The van der Waals surface area contributed by atoms with Gasteiger partial charge in [-0.05, 0) is 63.1 Å². The summed E-state index contributed by atoms with van der Waals surface area (Å²) in [5.74, 6) is 0.183. The number of urea groups is 1. The highest BCUT2D eigenvalue weighted by Crippen LogP contribution is 2.32. The molecule has 0 spiro atoms. The zero-order valence-electron chi connectivity index (χ0n) is 16.4. The van der Waals surface area contributed by atoms with Gasteiger partial charge in [-0.2, -0.15) is 0 Å². The van der Waals surface area contributed by atoms with Crippen molar-refractivity contribution in [2.75, 3.05) is 19.6 Å². The summed E-state index contributed by atoms with van der Waals surface area (Å²) in [6.45, 7) is 7.27. The summed E-state index contributed by atoms with van der Waals surface area (Å²) in [4.78, 5) is 27.0. The number of piperidine rings is 1. The van der Waals surface area contributed by atoms with Crippen LogP contribution in [0.5, 0.6) is 0 Å². The maximum atomic E-state index is 13.7. The fourth-order valence-corrected chi connectivity index (χ4v) is 3.67. The Labute approximate surface area is 160 Å². The van der Waals surface area contributed by atoms with Gasteiger partial charge < -0.3 is 15.5 Å². The first kappa shape index (κ1) is 19.6. The van der Waals surface area contributed by atoms with Crippen LogP contribution in [0, 0.1) is 24.6 Å². The molecule has 1 aliphatic heterocycles. The van der Waals surface area contributed by atoms with Crippen LogP contribution in [-0.2, 0) is 4.79 Å². The van der Waals surface area contributed by atoms with E-state index in [1.807, 2.05) is 19.9 Å². The number of benzene rings is 1. The number of halogens is 1. The van der Waals surface area contributed by atoms with Gasteiger partial charge >= 0.3 is 6.03 Å². The maximum absolute atomic E-state index is 13.7. The molecule has 2 atom stereocenters. The van der Waals surface area contributed by atoms with Gasteiger partial charge in [-0.1, -0.05) is 12.1 Å². The molecule has 0 radical (unpaired) electrons. The molecule has 1 aliphatic carbocycles. The minimum absolute atomic E-state index is 0.0210.